The van der Waals surface area contributed by atoms with Crippen LogP contribution in [-0.2, 0) is 0 Å². The molecule has 2 unspecified atom stereocenters. The van der Waals surface area contributed by atoms with E-state index >= 15 is 0 Å². The molecular weight excluding hydrogens is 244 g/mol. The van der Waals surface area contributed by atoms with Gasteiger partial charge in [0.2, 0.25) is 0 Å². The number of nitrogens with zero attached hydrogens (tertiary/aromatic N) is 1. The largest absolute Gasteiger partial charge is 0.347 e. The Hall–Kier alpha value is -0.870. The molecule has 0 radical (unpaired) electrons. The van der Waals surface area contributed by atoms with Crippen LogP contribution in [0.4, 0.5) is 0 Å². The molecule has 2 aliphatic heterocycles. The van der Waals surface area contributed by atoms with E-state index in [0.29, 0.717) is 12.1 Å². The molecule has 1 amide bonds. The molecule has 3 heterocycles. The molecule has 2 atom stereocenters. The van der Waals surface area contributed by atoms with Gasteiger partial charge in [-0.1, -0.05) is 6.42 Å². The summed E-state index contributed by atoms with van der Waals surface area (Å²) in [6.07, 6.45) is 4.99. The van der Waals surface area contributed by atoms with Crippen LogP contribution in [0.1, 0.15) is 40.9 Å². The Morgan fingerprint density at radius 1 is 1.39 bits per heavy atom. The zero-order valence-corrected chi connectivity index (χ0v) is 11.6. The van der Waals surface area contributed by atoms with Gasteiger partial charge >= 0.3 is 0 Å². The van der Waals surface area contributed by atoms with Crippen LogP contribution in [0.3, 0.4) is 0 Å². The molecule has 1 aromatic rings. The molecule has 3 nitrogen and oxygen atoms in total. The molecule has 0 aliphatic carbocycles. The second kappa shape index (κ2) is 5.02. The van der Waals surface area contributed by atoms with Crippen molar-refractivity contribution in [2.24, 2.45) is 0 Å². The first-order valence-electron chi connectivity index (χ1n) is 6.85. The summed E-state index contributed by atoms with van der Waals surface area (Å²) in [5.41, 5.74) is 1.09. The van der Waals surface area contributed by atoms with Gasteiger partial charge in [0.25, 0.3) is 5.91 Å². The third-order valence-corrected chi connectivity index (χ3v) is 5.26. The first kappa shape index (κ1) is 12.2. The number of amides is 1. The predicted octanol–water partition coefficient (Wildman–Crippen LogP) is 2.41. The van der Waals surface area contributed by atoms with Crippen molar-refractivity contribution in [3.8, 4) is 0 Å². The smallest absolute Gasteiger partial charge is 0.261 e. The lowest BCUT2D eigenvalue weighted by molar-refractivity contribution is 0.0919. The summed E-state index contributed by atoms with van der Waals surface area (Å²) in [6.45, 7) is 4.38. The van der Waals surface area contributed by atoms with Gasteiger partial charge in [0.15, 0.2) is 0 Å². The molecule has 18 heavy (non-hydrogen) atoms. The second-order valence-electron chi connectivity index (χ2n) is 5.40. The molecule has 0 spiro atoms. The number of piperidine rings is 1. The fourth-order valence-electron chi connectivity index (χ4n) is 3.26. The Labute approximate surface area is 112 Å². The molecular formula is C14H20N2OS. The van der Waals surface area contributed by atoms with Crippen molar-refractivity contribution >= 4 is 17.2 Å². The van der Waals surface area contributed by atoms with Crippen molar-refractivity contribution in [3.05, 3.63) is 21.9 Å². The molecule has 2 saturated heterocycles. The molecule has 2 aliphatic rings. The summed E-state index contributed by atoms with van der Waals surface area (Å²) in [6, 6.07) is 2.96. The topological polar surface area (TPSA) is 32.3 Å². The van der Waals surface area contributed by atoms with Crippen LogP contribution in [0.2, 0.25) is 0 Å². The lowest BCUT2D eigenvalue weighted by atomic mass is 9.99. The molecule has 0 bridgehead atoms. The van der Waals surface area contributed by atoms with Crippen LogP contribution in [0.25, 0.3) is 0 Å². The van der Waals surface area contributed by atoms with E-state index in [4.69, 9.17) is 0 Å². The highest BCUT2D eigenvalue weighted by molar-refractivity contribution is 7.12. The number of carbonyl (C=O) groups excluding carboxylic acids is 1. The van der Waals surface area contributed by atoms with Gasteiger partial charge in [0.05, 0.1) is 4.88 Å². The Bertz CT molecular complexity index is 443. The van der Waals surface area contributed by atoms with Crippen LogP contribution in [0.5, 0.6) is 0 Å². The lowest BCUT2D eigenvalue weighted by Gasteiger charge is -2.32. The second-order valence-corrected chi connectivity index (χ2v) is 6.32. The normalized spacial score (nSPS) is 28.1. The van der Waals surface area contributed by atoms with E-state index in [2.05, 4.69) is 10.2 Å². The number of rotatable bonds is 2. The van der Waals surface area contributed by atoms with Crippen molar-refractivity contribution in [1.29, 1.82) is 0 Å². The molecule has 0 saturated carbocycles. The third-order valence-electron chi connectivity index (χ3n) is 4.24. The molecule has 4 heteroatoms. The van der Waals surface area contributed by atoms with Crippen LogP contribution in [-0.4, -0.2) is 36.0 Å². The van der Waals surface area contributed by atoms with Crippen molar-refractivity contribution in [2.75, 3.05) is 13.1 Å². The van der Waals surface area contributed by atoms with Crippen LogP contribution >= 0.6 is 11.3 Å². The van der Waals surface area contributed by atoms with E-state index in [9.17, 15) is 4.79 Å². The Morgan fingerprint density at radius 3 is 3.06 bits per heavy atom. The monoisotopic (exact) mass is 264 g/mol. The van der Waals surface area contributed by atoms with E-state index in [0.717, 1.165) is 23.4 Å². The highest BCUT2D eigenvalue weighted by Crippen LogP contribution is 2.27. The van der Waals surface area contributed by atoms with Crippen LogP contribution in [0, 0.1) is 6.92 Å². The molecule has 1 N–H and O–H groups in total. The van der Waals surface area contributed by atoms with Gasteiger partial charge in [-0.25, -0.2) is 0 Å². The first-order valence-corrected chi connectivity index (χ1v) is 7.72. The Balaban J connectivity index is 1.66. The summed E-state index contributed by atoms with van der Waals surface area (Å²) in [4.78, 5) is 15.7. The molecule has 3 rings (SSSR count). The van der Waals surface area contributed by atoms with Crippen molar-refractivity contribution in [2.45, 2.75) is 44.7 Å². The number of thiophene rings is 1. The standard InChI is InChI=1S/C14H20N2OS/c1-10-6-9-18-13(10)14(17)15-11-5-8-16-7-3-2-4-12(11)16/h6,9,11-12H,2-5,7-8H2,1H3,(H,15,17). The Kier molecular flexibility index (Phi) is 3.39. The van der Waals surface area contributed by atoms with Crippen LogP contribution < -0.4 is 5.32 Å². The van der Waals surface area contributed by atoms with E-state index in [1.807, 2.05) is 18.4 Å². The summed E-state index contributed by atoms with van der Waals surface area (Å²) >= 11 is 1.54. The minimum atomic E-state index is 0.125. The number of aryl methyl sites for hydroxylation is 1. The maximum atomic E-state index is 12.2. The molecule has 0 aromatic carbocycles. The summed E-state index contributed by atoms with van der Waals surface area (Å²) in [5.74, 6) is 0.125. The molecule has 98 valence electrons. The van der Waals surface area contributed by atoms with E-state index in [1.165, 1.54) is 25.8 Å². The molecule has 2 fully saturated rings. The fourth-order valence-corrected chi connectivity index (χ4v) is 4.08. The quantitative estimate of drug-likeness (QED) is 0.889. The van der Waals surface area contributed by atoms with Gasteiger partial charge in [0.1, 0.15) is 0 Å². The van der Waals surface area contributed by atoms with Gasteiger partial charge in [0, 0.05) is 18.6 Å². The minimum Gasteiger partial charge on any atom is -0.347 e. The van der Waals surface area contributed by atoms with Gasteiger partial charge < -0.3 is 5.32 Å². The van der Waals surface area contributed by atoms with E-state index in [1.54, 1.807) is 11.3 Å². The van der Waals surface area contributed by atoms with Gasteiger partial charge in [-0.05, 0) is 49.7 Å². The fraction of sp³-hybridized carbons (Fsp3) is 0.643. The maximum Gasteiger partial charge on any atom is 0.261 e. The SMILES string of the molecule is Cc1ccsc1C(=O)NC1CCN2CCCCC12. The number of nitrogens with one attached hydrogen (secondary N) is 1. The van der Waals surface area contributed by atoms with E-state index in [-0.39, 0.29) is 5.91 Å². The highest BCUT2D eigenvalue weighted by Gasteiger charge is 2.36. The zero-order chi connectivity index (χ0) is 12.5. The third kappa shape index (κ3) is 2.19. The van der Waals surface area contributed by atoms with Crippen molar-refractivity contribution in [1.82, 2.24) is 10.2 Å². The number of hydrogen-bond acceptors (Lipinski definition) is 3. The minimum absolute atomic E-state index is 0.125. The maximum absolute atomic E-state index is 12.2. The first-order chi connectivity index (χ1) is 8.75. The summed E-state index contributed by atoms with van der Waals surface area (Å²) < 4.78 is 0. The van der Waals surface area contributed by atoms with Crippen molar-refractivity contribution in [3.63, 3.8) is 0 Å². The summed E-state index contributed by atoms with van der Waals surface area (Å²) in [7, 11) is 0. The van der Waals surface area contributed by atoms with Crippen LogP contribution in [0.15, 0.2) is 11.4 Å². The predicted molar refractivity (Wildman–Crippen MR) is 74.1 cm³/mol. The molecule has 1 aromatic heterocycles. The van der Waals surface area contributed by atoms with E-state index < -0.39 is 0 Å². The van der Waals surface area contributed by atoms with Gasteiger partial charge in [-0.2, -0.15) is 0 Å². The van der Waals surface area contributed by atoms with Crippen molar-refractivity contribution < 1.29 is 4.79 Å². The summed E-state index contributed by atoms with van der Waals surface area (Å²) in [5, 5.41) is 5.24. The number of hydrogen-bond donors (Lipinski definition) is 1. The highest BCUT2D eigenvalue weighted by atomic mass is 32.1. The Morgan fingerprint density at radius 2 is 2.28 bits per heavy atom. The van der Waals surface area contributed by atoms with Gasteiger partial charge in [-0.15, -0.1) is 11.3 Å². The average molecular weight is 264 g/mol. The van der Waals surface area contributed by atoms with Gasteiger partial charge in [-0.3, -0.25) is 9.69 Å². The number of carbonyl (C=O) groups is 1. The lowest BCUT2D eigenvalue weighted by Crippen LogP contribution is -2.46. The number of fused-ring (bicyclic) bond motifs is 1. The average Bonchev–Trinajstić information content (AvgIpc) is 2.97. The zero-order valence-electron chi connectivity index (χ0n) is 10.8.